The van der Waals surface area contributed by atoms with Crippen molar-refractivity contribution in [2.45, 2.75) is 39.0 Å². The van der Waals surface area contributed by atoms with Crippen molar-refractivity contribution in [2.75, 3.05) is 19.0 Å². The van der Waals surface area contributed by atoms with E-state index < -0.39 is 0 Å². The van der Waals surface area contributed by atoms with Crippen molar-refractivity contribution in [3.8, 4) is 5.75 Å². The number of thiophene rings is 1. The summed E-state index contributed by atoms with van der Waals surface area (Å²) in [5.74, 6) is 0.844. The summed E-state index contributed by atoms with van der Waals surface area (Å²) in [6.45, 7) is 6.40. The lowest BCUT2D eigenvalue weighted by atomic mass is 9.99. The highest BCUT2D eigenvalue weighted by molar-refractivity contribution is 7.16. The number of nitrogens with one attached hydrogen (secondary N) is 2. The lowest BCUT2D eigenvalue weighted by molar-refractivity contribution is 0.0934. The third kappa shape index (κ3) is 2.89. The van der Waals surface area contributed by atoms with Crippen LogP contribution in [0.2, 0.25) is 0 Å². The van der Waals surface area contributed by atoms with Crippen LogP contribution < -0.4 is 15.4 Å². The quantitative estimate of drug-likeness (QED) is 0.884. The van der Waals surface area contributed by atoms with Crippen LogP contribution >= 0.6 is 11.3 Å². The Morgan fingerprint density at radius 3 is 2.68 bits per heavy atom. The second kappa shape index (κ2) is 6.35. The molecule has 25 heavy (non-hydrogen) atoms. The molecule has 0 bridgehead atoms. The van der Waals surface area contributed by atoms with E-state index in [2.05, 4.69) is 29.4 Å². The van der Waals surface area contributed by atoms with Gasteiger partial charge in [0.05, 0.1) is 12.7 Å². The van der Waals surface area contributed by atoms with E-state index in [-0.39, 0.29) is 12.1 Å². The molecule has 1 atom stereocenters. The van der Waals surface area contributed by atoms with Gasteiger partial charge >= 0.3 is 0 Å². The minimum atomic E-state index is -0.202. The molecule has 1 aromatic carbocycles. The molecule has 4 rings (SSSR count). The lowest BCUT2D eigenvalue weighted by Gasteiger charge is -2.31. The zero-order valence-electron chi connectivity index (χ0n) is 14.8. The maximum atomic E-state index is 12.8. The highest BCUT2D eigenvalue weighted by Gasteiger charge is 2.33. The molecule has 0 aliphatic carbocycles. The van der Waals surface area contributed by atoms with Crippen LogP contribution in [0.3, 0.4) is 0 Å². The van der Waals surface area contributed by atoms with Gasteiger partial charge in [-0.1, -0.05) is 12.1 Å². The lowest BCUT2D eigenvalue weighted by Crippen LogP contribution is -2.39. The zero-order valence-corrected chi connectivity index (χ0v) is 15.6. The molecule has 132 valence electrons. The molecule has 0 spiro atoms. The number of carbonyl (C=O) groups excluding carboxylic acids is 1. The second-order valence-electron chi connectivity index (χ2n) is 6.85. The van der Waals surface area contributed by atoms with E-state index in [1.807, 2.05) is 24.3 Å². The van der Waals surface area contributed by atoms with Crippen molar-refractivity contribution in [3.63, 3.8) is 0 Å². The first kappa shape index (κ1) is 16.4. The van der Waals surface area contributed by atoms with Crippen LogP contribution in [0.25, 0.3) is 0 Å². The molecule has 3 heterocycles. The fourth-order valence-corrected chi connectivity index (χ4v) is 4.84. The highest BCUT2D eigenvalue weighted by atomic mass is 32.1. The molecule has 6 heteroatoms. The predicted molar refractivity (Wildman–Crippen MR) is 100 cm³/mol. The minimum absolute atomic E-state index is 0.0325. The van der Waals surface area contributed by atoms with Crippen molar-refractivity contribution >= 4 is 22.2 Å². The van der Waals surface area contributed by atoms with Crippen molar-refractivity contribution < 1.29 is 9.53 Å². The Kier molecular flexibility index (Phi) is 4.17. The van der Waals surface area contributed by atoms with Crippen LogP contribution in [0.1, 0.15) is 46.4 Å². The summed E-state index contributed by atoms with van der Waals surface area (Å²) in [4.78, 5) is 16.5. The Balaban J connectivity index is 1.62. The molecule has 0 fully saturated rings. The third-order valence-electron chi connectivity index (χ3n) is 5.04. The maximum absolute atomic E-state index is 12.8. The van der Waals surface area contributed by atoms with E-state index in [0.717, 1.165) is 41.4 Å². The first-order chi connectivity index (χ1) is 12.1. The van der Waals surface area contributed by atoms with Gasteiger partial charge < -0.3 is 15.4 Å². The summed E-state index contributed by atoms with van der Waals surface area (Å²) in [6, 6.07) is 8.32. The van der Waals surface area contributed by atoms with Gasteiger partial charge in [0.2, 0.25) is 0 Å². The normalized spacial score (nSPS) is 19.8. The number of hydrogen-bond acceptors (Lipinski definition) is 5. The summed E-state index contributed by atoms with van der Waals surface area (Å²) in [6.07, 6.45) is 0.744. The van der Waals surface area contributed by atoms with Gasteiger partial charge in [-0.2, -0.15) is 0 Å². The van der Waals surface area contributed by atoms with E-state index in [1.165, 1.54) is 10.4 Å². The number of anilines is 1. The van der Waals surface area contributed by atoms with Crippen molar-refractivity contribution in [2.24, 2.45) is 0 Å². The molecular weight excluding hydrogens is 334 g/mol. The average Bonchev–Trinajstić information content (AvgIpc) is 2.99. The van der Waals surface area contributed by atoms with Gasteiger partial charge in [-0.05, 0) is 43.5 Å². The fourth-order valence-electron chi connectivity index (χ4n) is 3.54. The molecule has 1 aromatic heterocycles. The first-order valence-electron chi connectivity index (χ1n) is 8.66. The molecule has 0 saturated heterocycles. The minimum Gasteiger partial charge on any atom is -0.497 e. The highest BCUT2D eigenvalue weighted by Crippen LogP contribution is 2.41. The number of nitrogens with zero attached hydrogens (tertiary/aromatic N) is 1. The van der Waals surface area contributed by atoms with E-state index in [9.17, 15) is 4.79 Å². The van der Waals surface area contributed by atoms with E-state index in [1.54, 1.807) is 18.4 Å². The number of hydrogen-bond donors (Lipinski definition) is 2. The zero-order chi connectivity index (χ0) is 17.6. The Bertz CT molecular complexity index is 798. The SMILES string of the molecule is COc1ccc([C@@H]2NC(=O)c3c(sc4c3CCN(C(C)C)C4)N2)cc1. The van der Waals surface area contributed by atoms with Crippen LogP contribution in [0.15, 0.2) is 24.3 Å². The van der Waals surface area contributed by atoms with Crippen LogP contribution in [-0.2, 0) is 13.0 Å². The first-order valence-corrected chi connectivity index (χ1v) is 9.48. The summed E-state index contributed by atoms with van der Waals surface area (Å²) in [7, 11) is 1.65. The van der Waals surface area contributed by atoms with Gasteiger partial charge in [0.1, 0.15) is 16.9 Å². The molecule has 2 N–H and O–H groups in total. The standard InChI is InChI=1S/C19H23N3O2S/c1-11(2)22-9-8-14-15(10-22)25-19-16(14)18(23)20-17(21-19)12-4-6-13(24-3)7-5-12/h4-7,11,17,21H,8-10H2,1-3H3,(H,20,23)/t17-/m1/s1. The van der Waals surface area contributed by atoms with Crippen LogP contribution in [0.5, 0.6) is 5.75 Å². The molecule has 2 aromatic rings. The Morgan fingerprint density at radius 1 is 1.24 bits per heavy atom. The molecule has 0 saturated carbocycles. The van der Waals surface area contributed by atoms with Crippen LogP contribution in [0.4, 0.5) is 5.00 Å². The Labute approximate surface area is 152 Å². The molecule has 0 radical (unpaired) electrons. The molecule has 0 unspecified atom stereocenters. The summed E-state index contributed by atoms with van der Waals surface area (Å²) >= 11 is 1.73. The number of carbonyl (C=O) groups is 1. The summed E-state index contributed by atoms with van der Waals surface area (Å²) < 4.78 is 5.21. The summed E-state index contributed by atoms with van der Waals surface area (Å²) in [5.41, 5.74) is 3.11. The second-order valence-corrected chi connectivity index (χ2v) is 7.95. The topological polar surface area (TPSA) is 53.6 Å². The van der Waals surface area contributed by atoms with Gasteiger partial charge in [0.15, 0.2) is 0 Å². The molecule has 1 amide bonds. The van der Waals surface area contributed by atoms with Crippen molar-refractivity contribution in [1.82, 2.24) is 10.2 Å². The molecule has 5 nitrogen and oxygen atoms in total. The predicted octanol–water partition coefficient (Wildman–Crippen LogP) is 3.38. The number of methoxy groups -OCH3 is 1. The molecule has 2 aliphatic heterocycles. The third-order valence-corrected chi connectivity index (χ3v) is 6.19. The van der Waals surface area contributed by atoms with Gasteiger partial charge in [-0.15, -0.1) is 11.3 Å². The number of fused-ring (bicyclic) bond motifs is 3. The Hall–Kier alpha value is -2.05. The van der Waals surface area contributed by atoms with Gasteiger partial charge in [-0.3, -0.25) is 9.69 Å². The smallest absolute Gasteiger partial charge is 0.256 e. The largest absolute Gasteiger partial charge is 0.497 e. The van der Waals surface area contributed by atoms with E-state index in [0.29, 0.717) is 6.04 Å². The summed E-state index contributed by atoms with van der Waals surface area (Å²) in [5, 5.41) is 7.61. The van der Waals surface area contributed by atoms with Gasteiger partial charge in [-0.25, -0.2) is 0 Å². The monoisotopic (exact) mass is 357 g/mol. The van der Waals surface area contributed by atoms with Crippen molar-refractivity contribution in [3.05, 3.63) is 45.8 Å². The average molecular weight is 357 g/mol. The maximum Gasteiger partial charge on any atom is 0.256 e. The van der Waals surface area contributed by atoms with Crippen molar-refractivity contribution in [1.29, 1.82) is 0 Å². The van der Waals surface area contributed by atoms with Gasteiger partial charge in [0.25, 0.3) is 5.91 Å². The van der Waals surface area contributed by atoms with E-state index in [4.69, 9.17) is 4.74 Å². The Morgan fingerprint density at radius 2 is 2.00 bits per heavy atom. The number of benzene rings is 1. The molecular formula is C19H23N3O2S. The number of ether oxygens (including phenoxy) is 1. The number of rotatable bonds is 3. The van der Waals surface area contributed by atoms with E-state index >= 15 is 0 Å². The number of amides is 1. The molecule has 2 aliphatic rings. The fraction of sp³-hybridized carbons (Fsp3) is 0.421. The van der Waals surface area contributed by atoms with Gasteiger partial charge in [0, 0.05) is 24.0 Å². The van der Waals surface area contributed by atoms with Crippen LogP contribution in [0, 0.1) is 0 Å². The van der Waals surface area contributed by atoms with Crippen LogP contribution in [-0.4, -0.2) is 30.5 Å².